The highest BCUT2D eigenvalue weighted by molar-refractivity contribution is 5.57. The van der Waals surface area contributed by atoms with Crippen LogP contribution in [0.4, 0.5) is 18.9 Å². The van der Waals surface area contributed by atoms with Crippen LogP contribution in [0.15, 0.2) is 24.3 Å². The smallest absolute Gasteiger partial charge is 0.375 e. The average molecular weight is 200 g/mol. The zero-order chi connectivity index (χ0) is 10.6. The van der Waals surface area contributed by atoms with E-state index in [9.17, 15) is 13.2 Å². The number of hydrogen-bond donors (Lipinski definition) is 1. The molecule has 2 nitrogen and oxygen atoms in total. The van der Waals surface area contributed by atoms with Crippen molar-refractivity contribution in [1.29, 1.82) is 5.26 Å². The van der Waals surface area contributed by atoms with Crippen molar-refractivity contribution in [3.05, 3.63) is 29.8 Å². The lowest BCUT2D eigenvalue weighted by Crippen LogP contribution is -2.21. The van der Waals surface area contributed by atoms with Crippen LogP contribution in [0.2, 0.25) is 0 Å². The molecule has 0 saturated heterocycles. The Morgan fingerprint density at radius 3 is 2.50 bits per heavy atom. The molecule has 0 saturated carbocycles. The Morgan fingerprint density at radius 1 is 1.29 bits per heavy atom. The van der Waals surface area contributed by atoms with Crippen molar-refractivity contribution in [1.82, 2.24) is 0 Å². The highest BCUT2D eigenvalue weighted by Crippen LogP contribution is 2.18. The van der Waals surface area contributed by atoms with Crippen molar-refractivity contribution in [3.63, 3.8) is 0 Å². The largest absolute Gasteiger partial charge is 0.405 e. The lowest BCUT2D eigenvalue weighted by molar-refractivity contribution is -0.115. The summed E-state index contributed by atoms with van der Waals surface area (Å²) in [5.74, 6) is 0. The quantitative estimate of drug-likeness (QED) is 0.796. The monoisotopic (exact) mass is 200 g/mol. The minimum atomic E-state index is -4.28. The Hall–Kier alpha value is -1.70. The van der Waals surface area contributed by atoms with Crippen LogP contribution in [-0.4, -0.2) is 12.7 Å². The summed E-state index contributed by atoms with van der Waals surface area (Å²) < 4.78 is 35.5. The summed E-state index contributed by atoms with van der Waals surface area (Å²) in [5, 5.41) is 10.7. The Balaban J connectivity index is 2.73. The maximum atomic E-state index is 11.8. The number of hydrogen-bond acceptors (Lipinski definition) is 2. The molecule has 0 fully saturated rings. The van der Waals surface area contributed by atoms with Gasteiger partial charge in [-0.15, -0.1) is 0 Å². The molecule has 14 heavy (non-hydrogen) atoms. The predicted octanol–water partition coefficient (Wildman–Crippen LogP) is 2.53. The molecule has 0 amide bonds. The van der Waals surface area contributed by atoms with Crippen LogP contribution in [0.5, 0.6) is 0 Å². The fourth-order valence-electron chi connectivity index (χ4n) is 0.930. The molecule has 0 atom stereocenters. The summed E-state index contributed by atoms with van der Waals surface area (Å²) in [7, 11) is 0. The maximum Gasteiger partial charge on any atom is 0.405 e. The molecule has 0 radical (unpaired) electrons. The number of anilines is 1. The van der Waals surface area contributed by atoms with Gasteiger partial charge in [0.1, 0.15) is 12.6 Å². The molecule has 1 N–H and O–H groups in total. The summed E-state index contributed by atoms with van der Waals surface area (Å²) in [5.41, 5.74) is 0.407. The Morgan fingerprint density at radius 2 is 1.93 bits per heavy atom. The second-order valence-corrected chi connectivity index (χ2v) is 2.63. The van der Waals surface area contributed by atoms with Crippen LogP contribution in [0.1, 0.15) is 5.56 Å². The molecular weight excluding hydrogens is 193 g/mol. The van der Waals surface area contributed by atoms with Gasteiger partial charge in [0.2, 0.25) is 0 Å². The van der Waals surface area contributed by atoms with E-state index in [1.54, 1.807) is 18.2 Å². The van der Waals surface area contributed by atoms with Gasteiger partial charge in [0.25, 0.3) is 0 Å². The van der Waals surface area contributed by atoms with Gasteiger partial charge in [-0.05, 0) is 12.1 Å². The van der Waals surface area contributed by atoms with Gasteiger partial charge >= 0.3 is 6.18 Å². The molecule has 5 heteroatoms. The molecule has 1 aromatic rings. The van der Waals surface area contributed by atoms with Crippen molar-refractivity contribution in [2.75, 3.05) is 11.9 Å². The van der Waals surface area contributed by atoms with Crippen LogP contribution >= 0.6 is 0 Å². The van der Waals surface area contributed by atoms with E-state index in [1.807, 2.05) is 0 Å². The molecular formula is C9H7F3N2. The molecule has 0 bridgehead atoms. The molecule has 0 aromatic heterocycles. The molecule has 1 aromatic carbocycles. The van der Waals surface area contributed by atoms with E-state index < -0.39 is 12.7 Å². The first-order valence-corrected chi connectivity index (χ1v) is 3.83. The van der Waals surface area contributed by atoms with Gasteiger partial charge in [-0.1, -0.05) is 12.1 Å². The number of benzene rings is 1. The molecule has 0 aliphatic carbocycles. The first-order valence-electron chi connectivity index (χ1n) is 3.83. The van der Waals surface area contributed by atoms with E-state index in [4.69, 9.17) is 5.26 Å². The van der Waals surface area contributed by atoms with E-state index in [0.717, 1.165) is 0 Å². The second kappa shape index (κ2) is 4.01. The first-order chi connectivity index (χ1) is 6.53. The van der Waals surface area contributed by atoms with Gasteiger partial charge in [-0.2, -0.15) is 18.4 Å². The van der Waals surface area contributed by atoms with Crippen LogP contribution < -0.4 is 5.32 Å². The number of nitrogens with one attached hydrogen (secondary N) is 1. The third-order valence-electron chi connectivity index (χ3n) is 1.53. The molecule has 0 spiro atoms. The van der Waals surface area contributed by atoms with E-state index in [-0.39, 0.29) is 11.3 Å². The number of nitriles is 1. The van der Waals surface area contributed by atoms with Gasteiger partial charge in [0.05, 0.1) is 11.3 Å². The first kappa shape index (κ1) is 10.4. The molecule has 0 unspecified atom stereocenters. The van der Waals surface area contributed by atoms with Crippen molar-refractivity contribution in [3.8, 4) is 6.07 Å². The van der Waals surface area contributed by atoms with E-state index in [1.165, 1.54) is 12.1 Å². The molecule has 0 heterocycles. The third-order valence-corrected chi connectivity index (χ3v) is 1.53. The molecule has 1 rings (SSSR count). The standard InChI is InChI=1S/C9H7F3N2/c10-9(11,12)6-14-8-4-2-1-3-7(8)5-13/h1-4,14H,6H2. The predicted molar refractivity (Wildman–Crippen MR) is 45.7 cm³/mol. The van der Waals surface area contributed by atoms with Crippen LogP contribution in [0.25, 0.3) is 0 Å². The Kier molecular flexibility index (Phi) is 2.97. The normalized spacial score (nSPS) is 10.7. The summed E-state index contributed by atoms with van der Waals surface area (Å²) in [4.78, 5) is 0. The van der Waals surface area contributed by atoms with Crippen molar-refractivity contribution in [2.24, 2.45) is 0 Å². The number of alkyl halides is 3. The number of nitrogens with zero attached hydrogens (tertiary/aromatic N) is 1. The van der Waals surface area contributed by atoms with Gasteiger partial charge < -0.3 is 5.32 Å². The van der Waals surface area contributed by atoms with E-state index in [2.05, 4.69) is 5.32 Å². The summed E-state index contributed by atoms with van der Waals surface area (Å²) in [6.07, 6.45) is -4.28. The Labute approximate surface area is 79.0 Å². The minimum absolute atomic E-state index is 0.201. The van der Waals surface area contributed by atoms with Crippen LogP contribution in [0.3, 0.4) is 0 Å². The van der Waals surface area contributed by atoms with Crippen molar-refractivity contribution >= 4 is 5.69 Å². The fraction of sp³-hybridized carbons (Fsp3) is 0.222. The Bertz CT molecular complexity index is 352. The fourth-order valence-corrected chi connectivity index (χ4v) is 0.930. The average Bonchev–Trinajstić information content (AvgIpc) is 2.14. The van der Waals surface area contributed by atoms with Crippen molar-refractivity contribution < 1.29 is 13.2 Å². The topological polar surface area (TPSA) is 35.8 Å². The van der Waals surface area contributed by atoms with E-state index in [0.29, 0.717) is 0 Å². The zero-order valence-electron chi connectivity index (χ0n) is 7.10. The summed E-state index contributed by atoms with van der Waals surface area (Å²) in [6.45, 7) is -1.13. The summed E-state index contributed by atoms with van der Waals surface area (Å²) in [6, 6.07) is 7.86. The minimum Gasteiger partial charge on any atom is -0.375 e. The highest BCUT2D eigenvalue weighted by atomic mass is 19.4. The molecule has 0 aliphatic heterocycles. The maximum absolute atomic E-state index is 11.8. The van der Waals surface area contributed by atoms with Crippen molar-refractivity contribution in [2.45, 2.75) is 6.18 Å². The zero-order valence-corrected chi connectivity index (χ0v) is 7.10. The highest BCUT2D eigenvalue weighted by Gasteiger charge is 2.26. The van der Waals surface area contributed by atoms with Crippen LogP contribution in [0, 0.1) is 11.3 Å². The van der Waals surface area contributed by atoms with E-state index >= 15 is 0 Å². The molecule has 74 valence electrons. The number of rotatable bonds is 2. The lowest BCUT2D eigenvalue weighted by Gasteiger charge is -2.10. The second-order valence-electron chi connectivity index (χ2n) is 2.63. The van der Waals surface area contributed by atoms with Crippen LogP contribution in [-0.2, 0) is 0 Å². The number of para-hydroxylation sites is 1. The lowest BCUT2D eigenvalue weighted by atomic mass is 10.2. The summed E-state index contributed by atoms with van der Waals surface area (Å²) >= 11 is 0. The van der Waals surface area contributed by atoms with Gasteiger partial charge in [0.15, 0.2) is 0 Å². The SMILES string of the molecule is N#Cc1ccccc1NCC(F)(F)F. The van der Waals surface area contributed by atoms with Gasteiger partial charge in [0, 0.05) is 0 Å². The third kappa shape index (κ3) is 2.98. The number of halogens is 3. The van der Waals surface area contributed by atoms with Gasteiger partial charge in [-0.25, -0.2) is 0 Å². The molecule has 0 aliphatic rings. The van der Waals surface area contributed by atoms with Gasteiger partial charge in [-0.3, -0.25) is 0 Å².